The number of carbonyl (C=O) groups is 1. The molecule has 1 aliphatic rings. The highest BCUT2D eigenvalue weighted by Crippen LogP contribution is 2.41. The number of anilines is 1. The Hall–Kier alpha value is -4.00. The van der Waals surface area contributed by atoms with Gasteiger partial charge < -0.3 is 23.5 Å². The molecule has 7 nitrogen and oxygen atoms in total. The molecular formula is C24H20N2O5. The van der Waals surface area contributed by atoms with Gasteiger partial charge in [0.05, 0.1) is 27.9 Å². The van der Waals surface area contributed by atoms with E-state index in [1.165, 1.54) is 0 Å². The van der Waals surface area contributed by atoms with Gasteiger partial charge in [0.15, 0.2) is 17.1 Å². The van der Waals surface area contributed by atoms with Crippen molar-refractivity contribution in [3.8, 4) is 28.7 Å². The van der Waals surface area contributed by atoms with E-state index in [0.717, 1.165) is 16.8 Å². The molecule has 31 heavy (non-hydrogen) atoms. The number of ether oxygens (including phenoxy) is 3. The molecule has 1 aliphatic heterocycles. The Labute approximate surface area is 178 Å². The van der Waals surface area contributed by atoms with Crippen LogP contribution in [0.25, 0.3) is 22.6 Å². The minimum absolute atomic E-state index is 0.0108. The SMILES string of the molecule is COc1cc(-c2nc3cc(N4Cc5ccccc5C4=O)ccc3o2)cc(OC)c1OC. The van der Waals surface area contributed by atoms with Crippen LogP contribution in [0.2, 0.25) is 0 Å². The maximum atomic E-state index is 12.8. The molecule has 0 saturated carbocycles. The highest BCUT2D eigenvalue weighted by atomic mass is 16.5. The molecule has 5 rings (SSSR count). The lowest BCUT2D eigenvalue weighted by Gasteiger charge is -2.15. The first-order chi connectivity index (χ1) is 15.1. The number of rotatable bonds is 5. The summed E-state index contributed by atoms with van der Waals surface area (Å²) in [7, 11) is 4.67. The Balaban J connectivity index is 1.53. The van der Waals surface area contributed by atoms with Crippen LogP contribution in [-0.4, -0.2) is 32.2 Å². The van der Waals surface area contributed by atoms with E-state index >= 15 is 0 Å². The smallest absolute Gasteiger partial charge is 0.258 e. The summed E-state index contributed by atoms with van der Waals surface area (Å²) in [6.45, 7) is 0.540. The van der Waals surface area contributed by atoms with Gasteiger partial charge in [-0.05, 0) is 42.0 Å². The number of aromatic nitrogens is 1. The quantitative estimate of drug-likeness (QED) is 0.470. The maximum absolute atomic E-state index is 12.8. The Kier molecular flexibility index (Phi) is 4.51. The lowest BCUT2D eigenvalue weighted by Crippen LogP contribution is -2.22. The summed E-state index contributed by atoms with van der Waals surface area (Å²) in [6.07, 6.45) is 0. The van der Waals surface area contributed by atoms with Crippen molar-refractivity contribution in [1.82, 2.24) is 4.98 Å². The number of nitrogens with zero attached hydrogens (tertiary/aromatic N) is 2. The number of benzene rings is 3. The van der Waals surface area contributed by atoms with Crippen molar-refractivity contribution in [3.05, 3.63) is 65.7 Å². The van der Waals surface area contributed by atoms with E-state index in [1.807, 2.05) is 42.5 Å². The summed E-state index contributed by atoms with van der Waals surface area (Å²) in [6, 6.07) is 16.8. The standard InChI is InChI=1S/C24H20N2O5/c1-28-20-10-15(11-21(29-2)22(20)30-3)23-25-18-12-16(8-9-19(18)31-23)26-13-14-6-4-5-7-17(14)24(26)27/h4-12H,13H2,1-3H3. The Morgan fingerprint density at radius 3 is 2.35 bits per heavy atom. The van der Waals surface area contributed by atoms with Crippen LogP contribution in [0.15, 0.2) is 59.0 Å². The van der Waals surface area contributed by atoms with Crippen molar-refractivity contribution >= 4 is 22.7 Å². The van der Waals surface area contributed by atoms with Crippen LogP contribution in [0.3, 0.4) is 0 Å². The molecular weight excluding hydrogens is 396 g/mol. The minimum Gasteiger partial charge on any atom is -0.493 e. The summed E-state index contributed by atoms with van der Waals surface area (Å²) in [4.78, 5) is 19.2. The van der Waals surface area contributed by atoms with Crippen LogP contribution in [0.1, 0.15) is 15.9 Å². The van der Waals surface area contributed by atoms with Crippen molar-refractivity contribution in [1.29, 1.82) is 0 Å². The number of hydrogen-bond donors (Lipinski definition) is 0. The number of oxazole rings is 1. The molecule has 0 unspecified atom stereocenters. The molecule has 1 amide bonds. The topological polar surface area (TPSA) is 74.0 Å². The Morgan fingerprint density at radius 1 is 0.935 bits per heavy atom. The Morgan fingerprint density at radius 2 is 1.68 bits per heavy atom. The predicted octanol–water partition coefficient (Wildman–Crippen LogP) is 4.68. The van der Waals surface area contributed by atoms with Gasteiger partial charge in [0, 0.05) is 16.8 Å². The van der Waals surface area contributed by atoms with Gasteiger partial charge in [-0.25, -0.2) is 4.98 Å². The molecule has 0 spiro atoms. The second-order valence-electron chi connectivity index (χ2n) is 7.13. The van der Waals surface area contributed by atoms with E-state index in [1.54, 1.807) is 38.4 Å². The molecule has 4 aromatic rings. The fourth-order valence-corrected chi connectivity index (χ4v) is 3.87. The molecule has 0 saturated heterocycles. The summed E-state index contributed by atoms with van der Waals surface area (Å²) >= 11 is 0. The largest absolute Gasteiger partial charge is 0.493 e. The van der Waals surface area contributed by atoms with Crippen molar-refractivity contribution in [2.45, 2.75) is 6.54 Å². The molecule has 3 aromatic carbocycles. The second-order valence-corrected chi connectivity index (χ2v) is 7.13. The molecule has 0 bridgehead atoms. The molecule has 7 heteroatoms. The van der Waals surface area contributed by atoms with Crippen molar-refractivity contribution in [2.24, 2.45) is 0 Å². The summed E-state index contributed by atoms with van der Waals surface area (Å²) < 4.78 is 22.2. The monoisotopic (exact) mass is 416 g/mol. The van der Waals surface area contributed by atoms with E-state index in [4.69, 9.17) is 18.6 Å². The fourth-order valence-electron chi connectivity index (χ4n) is 3.87. The zero-order chi connectivity index (χ0) is 21.5. The third-order valence-electron chi connectivity index (χ3n) is 5.42. The number of hydrogen-bond acceptors (Lipinski definition) is 6. The van der Waals surface area contributed by atoms with Gasteiger partial charge in [-0.2, -0.15) is 0 Å². The third-order valence-corrected chi connectivity index (χ3v) is 5.42. The minimum atomic E-state index is -0.0108. The fraction of sp³-hybridized carbons (Fsp3) is 0.167. The molecule has 1 aromatic heterocycles. The number of methoxy groups -OCH3 is 3. The van der Waals surface area contributed by atoms with Gasteiger partial charge in [-0.1, -0.05) is 18.2 Å². The average Bonchev–Trinajstić information content (AvgIpc) is 3.38. The van der Waals surface area contributed by atoms with Crippen LogP contribution >= 0.6 is 0 Å². The van der Waals surface area contributed by atoms with E-state index < -0.39 is 0 Å². The molecule has 0 aliphatic carbocycles. The van der Waals surface area contributed by atoms with E-state index in [9.17, 15) is 4.79 Å². The molecule has 0 atom stereocenters. The first kappa shape index (κ1) is 19.0. The van der Waals surface area contributed by atoms with Gasteiger partial charge in [-0.15, -0.1) is 0 Å². The van der Waals surface area contributed by atoms with Crippen LogP contribution < -0.4 is 19.1 Å². The van der Waals surface area contributed by atoms with E-state index in [0.29, 0.717) is 46.3 Å². The number of fused-ring (bicyclic) bond motifs is 2. The number of carbonyl (C=O) groups excluding carboxylic acids is 1. The first-order valence-corrected chi connectivity index (χ1v) is 9.73. The van der Waals surface area contributed by atoms with Crippen LogP contribution in [0.4, 0.5) is 5.69 Å². The van der Waals surface area contributed by atoms with Crippen molar-refractivity contribution in [3.63, 3.8) is 0 Å². The normalized spacial score (nSPS) is 12.9. The predicted molar refractivity (Wildman–Crippen MR) is 116 cm³/mol. The summed E-state index contributed by atoms with van der Waals surface area (Å²) in [5, 5.41) is 0. The molecule has 2 heterocycles. The van der Waals surface area contributed by atoms with Gasteiger partial charge >= 0.3 is 0 Å². The lowest BCUT2D eigenvalue weighted by molar-refractivity contribution is 0.0996. The van der Waals surface area contributed by atoms with E-state index in [-0.39, 0.29) is 5.91 Å². The molecule has 156 valence electrons. The van der Waals surface area contributed by atoms with Crippen molar-refractivity contribution in [2.75, 3.05) is 26.2 Å². The van der Waals surface area contributed by atoms with Crippen LogP contribution in [0, 0.1) is 0 Å². The van der Waals surface area contributed by atoms with Crippen molar-refractivity contribution < 1.29 is 23.4 Å². The highest BCUT2D eigenvalue weighted by molar-refractivity contribution is 6.10. The average molecular weight is 416 g/mol. The molecule has 0 fully saturated rings. The summed E-state index contributed by atoms with van der Waals surface area (Å²) in [5.74, 6) is 1.94. The first-order valence-electron chi connectivity index (χ1n) is 9.73. The maximum Gasteiger partial charge on any atom is 0.258 e. The van der Waals surface area contributed by atoms with Gasteiger partial charge in [-0.3, -0.25) is 4.79 Å². The van der Waals surface area contributed by atoms with Gasteiger partial charge in [0.25, 0.3) is 5.91 Å². The zero-order valence-corrected chi connectivity index (χ0v) is 17.3. The van der Waals surface area contributed by atoms with E-state index in [2.05, 4.69) is 4.98 Å². The third kappa shape index (κ3) is 3.06. The molecule has 0 N–H and O–H groups in total. The molecule has 0 radical (unpaired) electrons. The van der Waals surface area contributed by atoms with Crippen LogP contribution in [0.5, 0.6) is 17.2 Å². The lowest BCUT2D eigenvalue weighted by atomic mass is 10.1. The van der Waals surface area contributed by atoms with Crippen LogP contribution in [-0.2, 0) is 6.54 Å². The van der Waals surface area contributed by atoms with Gasteiger partial charge in [0.1, 0.15) is 5.52 Å². The highest BCUT2D eigenvalue weighted by Gasteiger charge is 2.28. The Bertz CT molecular complexity index is 1290. The summed E-state index contributed by atoms with van der Waals surface area (Å²) in [5.41, 5.74) is 4.50. The van der Waals surface area contributed by atoms with Gasteiger partial charge in [0.2, 0.25) is 11.6 Å². The second kappa shape index (κ2) is 7.36. The number of amides is 1. The zero-order valence-electron chi connectivity index (χ0n) is 17.3.